The van der Waals surface area contributed by atoms with Gasteiger partial charge >= 0.3 is 5.97 Å². The maximum Gasteiger partial charge on any atom is 0.307 e. The number of non-ortho nitro benzene ring substituents is 1. The minimum atomic E-state index is -0.403. The molecule has 1 saturated heterocycles. The van der Waals surface area contributed by atoms with Crippen LogP contribution >= 0.6 is 0 Å². The normalized spacial score (nSPS) is 18.9. The summed E-state index contributed by atoms with van der Waals surface area (Å²) in [5.74, 6) is -0.189. The molecular weight excluding hydrogens is 260 g/mol. The van der Waals surface area contributed by atoms with Crippen LogP contribution in [0.4, 0.5) is 5.69 Å². The SMILES string of the molecule is COC(=O)CC1CCCN1Cc1ccc([N+](=O)[O-])cc1. The highest BCUT2D eigenvalue weighted by atomic mass is 16.6. The van der Waals surface area contributed by atoms with E-state index in [0.29, 0.717) is 13.0 Å². The smallest absolute Gasteiger partial charge is 0.307 e. The predicted molar refractivity (Wildman–Crippen MR) is 73.2 cm³/mol. The lowest BCUT2D eigenvalue weighted by atomic mass is 10.1. The fourth-order valence-corrected chi connectivity index (χ4v) is 2.57. The largest absolute Gasteiger partial charge is 0.469 e. The van der Waals surface area contributed by atoms with Gasteiger partial charge in [0.05, 0.1) is 18.5 Å². The zero-order valence-corrected chi connectivity index (χ0v) is 11.4. The first-order chi connectivity index (χ1) is 9.60. The molecule has 1 aromatic rings. The summed E-state index contributed by atoms with van der Waals surface area (Å²) < 4.78 is 4.71. The number of carbonyl (C=O) groups is 1. The lowest BCUT2D eigenvalue weighted by Gasteiger charge is -2.23. The molecule has 1 unspecified atom stereocenters. The second kappa shape index (κ2) is 6.47. The van der Waals surface area contributed by atoms with E-state index in [2.05, 4.69) is 4.90 Å². The fourth-order valence-electron chi connectivity index (χ4n) is 2.57. The van der Waals surface area contributed by atoms with Crippen molar-refractivity contribution in [3.05, 3.63) is 39.9 Å². The Balaban J connectivity index is 1.97. The number of nitro groups is 1. The van der Waals surface area contributed by atoms with Crippen LogP contribution in [-0.2, 0) is 16.1 Å². The van der Waals surface area contributed by atoms with E-state index in [9.17, 15) is 14.9 Å². The Bertz CT molecular complexity index is 486. The highest BCUT2D eigenvalue weighted by molar-refractivity contribution is 5.69. The zero-order valence-electron chi connectivity index (χ0n) is 11.4. The van der Waals surface area contributed by atoms with E-state index < -0.39 is 4.92 Å². The van der Waals surface area contributed by atoms with Gasteiger partial charge in [0.15, 0.2) is 0 Å². The van der Waals surface area contributed by atoms with Gasteiger partial charge in [-0.15, -0.1) is 0 Å². The lowest BCUT2D eigenvalue weighted by molar-refractivity contribution is -0.384. The standard InChI is InChI=1S/C14H18N2O4/c1-20-14(17)9-13-3-2-8-15(13)10-11-4-6-12(7-5-11)16(18)19/h4-7,13H,2-3,8-10H2,1H3. The van der Waals surface area contributed by atoms with E-state index in [1.54, 1.807) is 12.1 Å². The monoisotopic (exact) mass is 278 g/mol. The molecule has 0 N–H and O–H groups in total. The van der Waals surface area contributed by atoms with Gasteiger partial charge < -0.3 is 4.74 Å². The summed E-state index contributed by atoms with van der Waals surface area (Å²) in [6, 6.07) is 6.77. The Morgan fingerprint density at radius 2 is 2.15 bits per heavy atom. The van der Waals surface area contributed by atoms with Crippen LogP contribution in [0.25, 0.3) is 0 Å². The van der Waals surface area contributed by atoms with Crippen molar-refractivity contribution >= 4 is 11.7 Å². The number of ether oxygens (including phenoxy) is 1. The lowest BCUT2D eigenvalue weighted by Crippen LogP contribution is -2.31. The van der Waals surface area contributed by atoms with Crippen LogP contribution in [0.15, 0.2) is 24.3 Å². The third-order valence-corrected chi connectivity index (χ3v) is 3.66. The van der Waals surface area contributed by atoms with Crippen LogP contribution in [0.1, 0.15) is 24.8 Å². The van der Waals surface area contributed by atoms with Crippen molar-refractivity contribution in [3.8, 4) is 0 Å². The molecule has 1 aliphatic heterocycles. The molecule has 1 aromatic carbocycles. The molecule has 0 spiro atoms. The Kier molecular flexibility index (Phi) is 4.68. The van der Waals surface area contributed by atoms with Gasteiger partial charge in [0, 0.05) is 24.7 Å². The maximum atomic E-state index is 11.4. The second-order valence-corrected chi connectivity index (χ2v) is 4.97. The number of likely N-dealkylation sites (tertiary alicyclic amines) is 1. The number of hydrogen-bond acceptors (Lipinski definition) is 5. The van der Waals surface area contributed by atoms with E-state index in [1.165, 1.54) is 19.2 Å². The molecule has 6 heteroatoms. The van der Waals surface area contributed by atoms with Crippen molar-refractivity contribution in [2.45, 2.75) is 31.8 Å². The van der Waals surface area contributed by atoms with Gasteiger partial charge in [-0.2, -0.15) is 0 Å². The first-order valence-corrected chi connectivity index (χ1v) is 6.64. The van der Waals surface area contributed by atoms with E-state index in [1.807, 2.05) is 0 Å². The molecule has 1 fully saturated rings. The molecule has 0 saturated carbocycles. The molecule has 0 radical (unpaired) electrons. The van der Waals surface area contributed by atoms with Gasteiger partial charge in [0.1, 0.15) is 0 Å². The molecule has 6 nitrogen and oxygen atoms in total. The summed E-state index contributed by atoms with van der Waals surface area (Å²) in [4.78, 5) is 23.8. The van der Waals surface area contributed by atoms with Crippen molar-refractivity contribution in [2.24, 2.45) is 0 Å². The molecule has 0 aromatic heterocycles. The number of nitro benzene ring substituents is 1. The van der Waals surface area contributed by atoms with Crippen molar-refractivity contribution < 1.29 is 14.5 Å². The molecule has 108 valence electrons. The van der Waals surface area contributed by atoms with Gasteiger partial charge in [0.2, 0.25) is 0 Å². The Morgan fingerprint density at radius 3 is 2.75 bits per heavy atom. The molecule has 1 aliphatic rings. The first kappa shape index (κ1) is 14.5. The number of nitrogens with zero attached hydrogens (tertiary/aromatic N) is 2. The quantitative estimate of drug-likeness (QED) is 0.468. The second-order valence-electron chi connectivity index (χ2n) is 4.97. The highest BCUT2D eigenvalue weighted by Gasteiger charge is 2.26. The van der Waals surface area contributed by atoms with Crippen molar-refractivity contribution in [3.63, 3.8) is 0 Å². The molecule has 1 atom stereocenters. The summed E-state index contributed by atoms with van der Waals surface area (Å²) in [7, 11) is 1.40. The summed E-state index contributed by atoms with van der Waals surface area (Å²) >= 11 is 0. The molecule has 20 heavy (non-hydrogen) atoms. The Hall–Kier alpha value is -1.95. The van der Waals surface area contributed by atoms with Gasteiger partial charge in [-0.05, 0) is 24.9 Å². The molecule has 1 heterocycles. The van der Waals surface area contributed by atoms with Crippen molar-refractivity contribution in [1.82, 2.24) is 4.90 Å². The summed E-state index contributed by atoms with van der Waals surface area (Å²) in [5.41, 5.74) is 1.12. The van der Waals surface area contributed by atoms with Crippen LogP contribution in [-0.4, -0.2) is 35.5 Å². The number of benzene rings is 1. The fraction of sp³-hybridized carbons (Fsp3) is 0.500. The average Bonchev–Trinajstić information content (AvgIpc) is 2.86. The minimum Gasteiger partial charge on any atom is -0.469 e. The molecule has 0 amide bonds. The van der Waals surface area contributed by atoms with E-state index in [0.717, 1.165) is 24.9 Å². The third kappa shape index (κ3) is 3.54. The summed E-state index contributed by atoms with van der Waals surface area (Å²) in [6.45, 7) is 1.65. The number of esters is 1. The summed E-state index contributed by atoms with van der Waals surface area (Å²) in [6.07, 6.45) is 2.46. The minimum absolute atomic E-state index is 0.0984. The third-order valence-electron chi connectivity index (χ3n) is 3.66. The number of carbonyl (C=O) groups excluding carboxylic acids is 1. The van der Waals surface area contributed by atoms with Gasteiger partial charge in [0.25, 0.3) is 5.69 Å². The molecule has 0 aliphatic carbocycles. The number of hydrogen-bond donors (Lipinski definition) is 0. The van der Waals surface area contributed by atoms with Gasteiger partial charge in [-0.3, -0.25) is 19.8 Å². The summed E-state index contributed by atoms with van der Waals surface area (Å²) in [5, 5.41) is 10.6. The van der Waals surface area contributed by atoms with Gasteiger partial charge in [-0.1, -0.05) is 12.1 Å². The van der Waals surface area contributed by atoms with E-state index in [4.69, 9.17) is 4.74 Å². The Labute approximate surface area is 117 Å². The predicted octanol–water partition coefficient (Wildman–Crippen LogP) is 2.12. The molecule has 0 bridgehead atoms. The average molecular weight is 278 g/mol. The van der Waals surface area contributed by atoms with Crippen molar-refractivity contribution in [1.29, 1.82) is 0 Å². The maximum absolute atomic E-state index is 11.4. The van der Waals surface area contributed by atoms with Crippen LogP contribution in [0.2, 0.25) is 0 Å². The topological polar surface area (TPSA) is 72.7 Å². The van der Waals surface area contributed by atoms with Crippen LogP contribution < -0.4 is 0 Å². The van der Waals surface area contributed by atoms with E-state index >= 15 is 0 Å². The number of methoxy groups -OCH3 is 1. The zero-order chi connectivity index (χ0) is 14.5. The van der Waals surface area contributed by atoms with E-state index in [-0.39, 0.29) is 17.7 Å². The van der Waals surface area contributed by atoms with Crippen LogP contribution in [0.3, 0.4) is 0 Å². The van der Waals surface area contributed by atoms with Gasteiger partial charge in [-0.25, -0.2) is 0 Å². The van der Waals surface area contributed by atoms with Crippen LogP contribution in [0, 0.1) is 10.1 Å². The van der Waals surface area contributed by atoms with Crippen molar-refractivity contribution in [2.75, 3.05) is 13.7 Å². The first-order valence-electron chi connectivity index (χ1n) is 6.64. The molecular formula is C14H18N2O4. The highest BCUT2D eigenvalue weighted by Crippen LogP contribution is 2.23. The Morgan fingerprint density at radius 1 is 1.45 bits per heavy atom. The van der Waals surface area contributed by atoms with Crippen LogP contribution in [0.5, 0.6) is 0 Å². The number of rotatable bonds is 5. The molecule has 2 rings (SSSR count).